The van der Waals surface area contributed by atoms with E-state index in [4.69, 9.17) is 0 Å². The van der Waals surface area contributed by atoms with Crippen LogP contribution in [0.5, 0.6) is 11.5 Å². The van der Waals surface area contributed by atoms with Gasteiger partial charge in [0.25, 0.3) is 0 Å². The van der Waals surface area contributed by atoms with E-state index in [1.807, 2.05) is 12.2 Å². The van der Waals surface area contributed by atoms with Crippen LogP contribution in [0.1, 0.15) is 101 Å². The van der Waals surface area contributed by atoms with Gasteiger partial charge in [0.05, 0.1) is 0 Å². The van der Waals surface area contributed by atoms with Crippen molar-refractivity contribution in [1.82, 2.24) is 9.80 Å². The predicted octanol–water partition coefficient (Wildman–Crippen LogP) is 9.03. The fourth-order valence-corrected chi connectivity index (χ4v) is 5.27. The van der Waals surface area contributed by atoms with E-state index in [0.717, 1.165) is 124 Å². The van der Waals surface area contributed by atoms with Gasteiger partial charge >= 0.3 is 0 Å². The minimum Gasteiger partial charge on any atom is -0.507 e. The molecule has 0 radical (unpaired) electrons. The van der Waals surface area contributed by atoms with E-state index < -0.39 is 0 Å². The third kappa shape index (κ3) is 10.4. The number of aromatic hydroxyl groups is 2. The predicted molar refractivity (Wildman–Crippen MR) is 173 cm³/mol. The molecular formula is C36H56N2O2. The standard InChI is InChI=1S/C36H56N2O2/c1-7-13-19-37(20-14-8-2)27-33-25-31(23-29(17-11-5)35(33)39)32-24-30(18-12-6)36(40)34(26-32)28-38(21-15-9-3)22-16-10-4/h11-12,23-26,39-40H,5-10,13-22,27-28H2,1-4H3. The van der Waals surface area contributed by atoms with Gasteiger partial charge in [-0.15, -0.1) is 13.2 Å². The summed E-state index contributed by atoms with van der Waals surface area (Å²) < 4.78 is 0. The van der Waals surface area contributed by atoms with Crippen molar-refractivity contribution >= 4 is 0 Å². The number of hydrogen-bond acceptors (Lipinski definition) is 4. The number of nitrogens with zero attached hydrogens (tertiary/aromatic N) is 2. The second kappa shape index (κ2) is 18.7. The molecule has 40 heavy (non-hydrogen) atoms. The Hall–Kier alpha value is -2.56. The third-order valence-corrected chi connectivity index (χ3v) is 7.70. The number of unbranched alkanes of at least 4 members (excludes halogenated alkanes) is 4. The molecule has 0 fully saturated rings. The fraction of sp³-hybridized carbons (Fsp3) is 0.556. The van der Waals surface area contributed by atoms with E-state index in [1.165, 1.54) is 0 Å². The highest BCUT2D eigenvalue weighted by Crippen LogP contribution is 2.36. The van der Waals surface area contributed by atoms with Gasteiger partial charge < -0.3 is 10.2 Å². The van der Waals surface area contributed by atoms with Crippen LogP contribution in [0.2, 0.25) is 0 Å². The summed E-state index contributed by atoms with van der Waals surface area (Å²) in [7, 11) is 0. The van der Waals surface area contributed by atoms with Gasteiger partial charge in [-0.25, -0.2) is 0 Å². The van der Waals surface area contributed by atoms with Gasteiger partial charge in [-0.1, -0.05) is 65.5 Å². The highest BCUT2D eigenvalue weighted by atomic mass is 16.3. The maximum absolute atomic E-state index is 11.3. The van der Waals surface area contributed by atoms with Crippen molar-refractivity contribution < 1.29 is 10.2 Å². The van der Waals surface area contributed by atoms with Gasteiger partial charge in [-0.3, -0.25) is 9.80 Å². The van der Waals surface area contributed by atoms with Crippen molar-refractivity contribution in [2.75, 3.05) is 26.2 Å². The minimum absolute atomic E-state index is 0.386. The van der Waals surface area contributed by atoms with Gasteiger partial charge in [-0.2, -0.15) is 0 Å². The average molecular weight is 549 g/mol. The van der Waals surface area contributed by atoms with Crippen molar-refractivity contribution in [2.24, 2.45) is 0 Å². The van der Waals surface area contributed by atoms with Crippen LogP contribution in [0.15, 0.2) is 49.6 Å². The molecule has 0 amide bonds. The highest BCUT2D eigenvalue weighted by Gasteiger charge is 2.18. The number of allylic oxidation sites excluding steroid dienone is 2. The van der Waals surface area contributed by atoms with Crippen LogP contribution in [0, 0.1) is 0 Å². The van der Waals surface area contributed by atoms with Crippen LogP contribution in [-0.4, -0.2) is 46.2 Å². The Bertz CT molecular complexity index is 946. The van der Waals surface area contributed by atoms with E-state index >= 15 is 0 Å². The molecule has 0 bridgehead atoms. The Morgan fingerprint density at radius 2 is 0.850 bits per heavy atom. The Morgan fingerprint density at radius 3 is 1.12 bits per heavy atom. The van der Waals surface area contributed by atoms with E-state index in [2.05, 4.69) is 74.9 Å². The van der Waals surface area contributed by atoms with Crippen LogP contribution in [0.3, 0.4) is 0 Å². The summed E-state index contributed by atoms with van der Waals surface area (Å²) in [4.78, 5) is 4.96. The monoisotopic (exact) mass is 548 g/mol. The quantitative estimate of drug-likeness (QED) is 0.153. The fourth-order valence-electron chi connectivity index (χ4n) is 5.27. The zero-order valence-corrected chi connectivity index (χ0v) is 26.0. The molecule has 0 saturated carbocycles. The summed E-state index contributed by atoms with van der Waals surface area (Å²) in [6.07, 6.45) is 14.2. The molecule has 2 aromatic rings. The van der Waals surface area contributed by atoms with Crippen LogP contribution in [0.4, 0.5) is 0 Å². The van der Waals surface area contributed by atoms with Gasteiger partial charge in [0, 0.05) is 24.2 Å². The lowest BCUT2D eigenvalue weighted by molar-refractivity contribution is 0.253. The highest BCUT2D eigenvalue weighted by molar-refractivity contribution is 5.71. The molecule has 0 aromatic heterocycles. The number of phenols is 2. The van der Waals surface area contributed by atoms with E-state index in [1.54, 1.807) is 0 Å². The molecule has 2 rings (SSSR count). The lowest BCUT2D eigenvalue weighted by Gasteiger charge is -2.25. The molecule has 0 atom stereocenters. The van der Waals surface area contributed by atoms with Crippen molar-refractivity contribution in [1.29, 1.82) is 0 Å². The molecule has 0 unspecified atom stereocenters. The molecule has 0 aliphatic carbocycles. The summed E-state index contributed by atoms with van der Waals surface area (Å²) in [5.74, 6) is 0.773. The summed E-state index contributed by atoms with van der Waals surface area (Å²) in [5, 5.41) is 22.6. The maximum atomic E-state index is 11.3. The van der Waals surface area contributed by atoms with Gasteiger partial charge in [0.1, 0.15) is 11.5 Å². The SMILES string of the molecule is C=CCc1cc(-c2cc(CC=C)c(O)c(CN(CCCC)CCCC)c2)cc(CN(CCCC)CCCC)c1O. The Kier molecular flexibility index (Phi) is 15.7. The van der Waals surface area contributed by atoms with Gasteiger partial charge in [0.2, 0.25) is 0 Å². The molecule has 4 heteroatoms. The average Bonchev–Trinajstić information content (AvgIpc) is 2.95. The first kappa shape index (κ1) is 33.6. The molecule has 0 spiro atoms. The molecule has 2 N–H and O–H groups in total. The molecule has 0 heterocycles. The summed E-state index contributed by atoms with van der Waals surface area (Å²) in [5.41, 5.74) is 5.90. The van der Waals surface area contributed by atoms with Crippen molar-refractivity contribution in [3.63, 3.8) is 0 Å². The topological polar surface area (TPSA) is 46.9 Å². The zero-order chi connectivity index (χ0) is 29.3. The number of phenolic OH excluding ortho intramolecular Hbond substituents is 2. The second-order valence-corrected chi connectivity index (χ2v) is 11.2. The molecule has 2 aromatic carbocycles. The Morgan fingerprint density at radius 1 is 0.550 bits per heavy atom. The van der Waals surface area contributed by atoms with Gasteiger partial charge in [-0.05, 0) is 111 Å². The van der Waals surface area contributed by atoms with E-state index in [-0.39, 0.29) is 0 Å². The number of hydrogen-bond donors (Lipinski definition) is 2. The first-order valence-corrected chi connectivity index (χ1v) is 15.8. The molecule has 222 valence electrons. The van der Waals surface area contributed by atoms with Crippen molar-refractivity contribution in [3.8, 4) is 22.6 Å². The van der Waals surface area contributed by atoms with Crippen LogP contribution >= 0.6 is 0 Å². The Balaban J connectivity index is 2.58. The lowest BCUT2D eigenvalue weighted by atomic mass is 9.93. The van der Waals surface area contributed by atoms with Gasteiger partial charge in [0.15, 0.2) is 0 Å². The van der Waals surface area contributed by atoms with Crippen LogP contribution < -0.4 is 0 Å². The van der Waals surface area contributed by atoms with Crippen LogP contribution in [0.25, 0.3) is 11.1 Å². The largest absolute Gasteiger partial charge is 0.507 e. The number of rotatable bonds is 21. The van der Waals surface area contributed by atoms with Crippen molar-refractivity contribution in [2.45, 2.75) is 105 Å². The molecule has 0 aliphatic heterocycles. The minimum atomic E-state index is 0.386. The van der Waals surface area contributed by atoms with E-state index in [9.17, 15) is 10.2 Å². The molecular weight excluding hydrogens is 492 g/mol. The van der Waals surface area contributed by atoms with Crippen LogP contribution in [-0.2, 0) is 25.9 Å². The zero-order valence-electron chi connectivity index (χ0n) is 26.0. The first-order chi connectivity index (χ1) is 19.4. The van der Waals surface area contributed by atoms with Crippen molar-refractivity contribution in [3.05, 3.63) is 71.8 Å². The number of benzene rings is 2. The molecule has 0 saturated heterocycles. The maximum Gasteiger partial charge on any atom is 0.123 e. The smallest absolute Gasteiger partial charge is 0.123 e. The summed E-state index contributed by atoms with van der Waals surface area (Å²) in [6.45, 7) is 22.4. The Labute approximate surface area is 245 Å². The third-order valence-electron chi connectivity index (χ3n) is 7.70. The van der Waals surface area contributed by atoms with E-state index in [0.29, 0.717) is 24.3 Å². The molecule has 4 nitrogen and oxygen atoms in total. The summed E-state index contributed by atoms with van der Waals surface area (Å²) >= 11 is 0. The summed E-state index contributed by atoms with van der Waals surface area (Å²) in [6, 6.07) is 8.52. The molecule has 0 aliphatic rings. The lowest BCUT2D eigenvalue weighted by Crippen LogP contribution is -2.26. The normalized spacial score (nSPS) is 11.4. The first-order valence-electron chi connectivity index (χ1n) is 15.8. The second-order valence-electron chi connectivity index (χ2n) is 11.2.